The average Bonchev–Trinajstić information content (AvgIpc) is 2.73. The number of Topliss-reactive ketones (excluding diaryl/α,β-unsaturated/α-hetero) is 1. The van der Waals surface area contributed by atoms with Gasteiger partial charge in [-0.2, -0.15) is 0 Å². The molecule has 0 fully saturated rings. The van der Waals surface area contributed by atoms with Crippen LogP contribution in [0.5, 0.6) is 0 Å². The third-order valence-corrected chi connectivity index (χ3v) is 2.60. The molecule has 1 atom stereocenters. The standard InChI is InChI=1S/C12H19N3O4/c1-8(19-5)9(16)10-13-6-7-14(10)15(11(17)18)12(2,3)4/h6-8H,1-5H3,(H,17,18). The van der Waals surface area contributed by atoms with E-state index in [-0.39, 0.29) is 11.6 Å². The summed E-state index contributed by atoms with van der Waals surface area (Å²) in [6.45, 7) is 6.78. The van der Waals surface area contributed by atoms with Crippen molar-refractivity contribution in [2.45, 2.75) is 39.3 Å². The van der Waals surface area contributed by atoms with Crippen molar-refractivity contribution in [3.8, 4) is 0 Å². The Morgan fingerprint density at radius 3 is 2.47 bits per heavy atom. The number of carbonyl (C=O) groups is 2. The smallest absolute Gasteiger partial charge is 0.427 e. The van der Waals surface area contributed by atoms with Crippen molar-refractivity contribution in [1.82, 2.24) is 9.66 Å². The minimum Gasteiger partial charge on any atom is -0.464 e. The fraction of sp³-hybridized carbons (Fsp3) is 0.583. The molecule has 0 bridgehead atoms. The Morgan fingerprint density at radius 2 is 2.05 bits per heavy atom. The molecule has 1 N–H and O–H groups in total. The summed E-state index contributed by atoms with van der Waals surface area (Å²) in [5.74, 6) is -0.338. The Bertz CT molecular complexity index is 476. The SMILES string of the molecule is COC(C)C(=O)c1nccn1N(C(=O)O)C(C)(C)C. The van der Waals surface area contributed by atoms with Crippen LogP contribution < -0.4 is 5.01 Å². The second-order valence-corrected chi connectivity index (χ2v) is 5.10. The van der Waals surface area contributed by atoms with Crippen LogP contribution in [0.2, 0.25) is 0 Å². The van der Waals surface area contributed by atoms with E-state index < -0.39 is 17.7 Å². The molecule has 106 valence electrons. The van der Waals surface area contributed by atoms with Crippen molar-refractivity contribution in [3.05, 3.63) is 18.2 Å². The summed E-state index contributed by atoms with van der Waals surface area (Å²) in [6, 6.07) is 0. The van der Waals surface area contributed by atoms with Gasteiger partial charge in [0.15, 0.2) is 5.82 Å². The zero-order valence-electron chi connectivity index (χ0n) is 11.7. The Morgan fingerprint density at radius 1 is 1.47 bits per heavy atom. The quantitative estimate of drug-likeness (QED) is 0.837. The molecule has 1 aromatic heterocycles. The molecular formula is C12H19N3O4. The van der Waals surface area contributed by atoms with E-state index in [0.29, 0.717) is 0 Å². The normalized spacial score (nSPS) is 13.1. The molecule has 7 heteroatoms. The van der Waals surface area contributed by atoms with Crippen LogP contribution >= 0.6 is 0 Å². The summed E-state index contributed by atoms with van der Waals surface area (Å²) in [6.07, 6.45) is 0.980. The summed E-state index contributed by atoms with van der Waals surface area (Å²) >= 11 is 0. The summed E-state index contributed by atoms with van der Waals surface area (Å²) in [4.78, 5) is 27.4. The topological polar surface area (TPSA) is 84.7 Å². The molecule has 0 aliphatic rings. The number of hydrogen-bond acceptors (Lipinski definition) is 4. The number of rotatable bonds is 4. The molecule has 0 aliphatic carbocycles. The lowest BCUT2D eigenvalue weighted by Crippen LogP contribution is -2.53. The summed E-state index contributed by atoms with van der Waals surface area (Å²) in [5, 5.41) is 10.4. The van der Waals surface area contributed by atoms with Gasteiger partial charge in [0.05, 0.1) is 5.54 Å². The number of ether oxygens (including phenoxy) is 1. The molecule has 7 nitrogen and oxygen atoms in total. The summed E-state index contributed by atoms with van der Waals surface area (Å²) in [7, 11) is 1.41. The Labute approximate surface area is 111 Å². The predicted molar refractivity (Wildman–Crippen MR) is 69.0 cm³/mol. The van der Waals surface area contributed by atoms with Gasteiger partial charge in [-0.3, -0.25) is 4.79 Å². The molecule has 0 saturated carbocycles. The third kappa shape index (κ3) is 3.11. The highest BCUT2D eigenvalue weighted by Crippen LogP contribution is 2.15. The van der Waals surface area contributed by atoms with Crippen molar-refractivity contribution in [3.63, 3.8) is 0 Å². The molecule has 0 saturated heterocycles. The maximum Gasteiger partial charge on any atom is 0.427 e. The van der Waals surface area contributed by atoms with Gasteiger partial charge < -0.3 is 9.84 Å². The second-order valence-electron chi connectivity index (χ2n) is 5.10. The maximum absolute atomic E-state index is 12.1. The van der Waals surface area contributed by atoms with Gasteiger partial charge in [-0.1, -0.05) is 0 Å². The molecule has 0 aromatic carbocycles. The van der Waals surface area contributed by atoms with Crippen LogP contribution in [0.3, 0.4) is 0 Å². The molecule has 1 amide bonds. The maximum atomic E-state index is 12.1. The molecule has 0 spiro atoms. The van der Waals surface area contributed by atoms with Crippen LogP contribution in [0.25, 0.3) is 0 Å². The third-order valence-electron chi connectivity index (χ3n) is 2.60. The summed E-state index contributed by atoms with van der Waals surface area (Å²) < 4.78 is 6.18. The monoisotopic (exact) mass is 269 g/mol. The van der Waals surface area contributed by atoms with Gasteiger partial charge in [0, 0.05) is 19.5 Å². The first-order valence-corrected chi connectivity index (χ1v) is 5.84. The lowest BCUT2D eigenvalue weighted by Gasteiger charge is -2.34. The van der Waals surface area contributed by atoms with Crippen LogP contribution in [-0.2, 0) is 4.74 Å². The minimum absolute atomic E-state index is 0.0340. The lowest BCUT2D eigenvalue weighted by atomic mass is 10.1. The zero-order valence-corrected chi connectivity index (χ0v) is 11.7. The van der Waals surface area contributed by atoms with Crippen LogP contribution in [0.15, 0.2) is 12.4 Å². The first-order chi connectivity index (χ1) is 8.70. The van der Waals surface area contributed by atoms with Crippen LogP contribution in [0, 0.1) is 0 Å². The van der Waals surface area contributed by atoms with Crippen molar-refractivity contribution >= 4 is 11.9 Å². The molecule has 1 unspecified atom stereocenters. The Hall–Kier alpha value is -1.89. The zero-order chi connectivity index (χ0) is 14.8. The van der Waals surface area contributed by atoms with Crippen LogP contribution in [0.1, 0.15) is 38.3 Å². The largest absolute Gasteiger partial charge is 0.464 e. The highest BCUT2D eigenvalue weighted by Gasteiger charge is 2.32. The van der Waals surface area contributed by atoms with Crippen LogP contribution in [-0.4, -0.2) is 45.4 Å². The van der Waals surface area contributed by atoms with Gasteiger partial charge in [0.1, 0.15) is 6.10 Å². The Balaban J connectivity index is 3.25. The fourth-order valence-corrected chi connectivity index (χ4v) is 1.63. The number of amides is 1. The molecule has 1 heterocycles. The second kappa shape index (κ2) is 5.40. The number of aromatic nitrogens is 2. The fourth-order valence-electron chi connectivity index (χ4n) is 1.63. The van der Waals surface area contributed by atoms with E-state index in [4.69, 9.17) is 4.74 Å². The number of nitrogens with zero attached hydrogens (tertiary/aromatic N) is 3. The molecule has 19 heavy (non-hydrogen) atoms. The number of carboxylic acid groups (broad SMARTS) is 1. The van der Waals surface area contributed by atoms with Crippen molar-refractivity contribution < 1.29 is 19.4 Å². The number of hydrogen-bond donors (Lipinski definition) is 1. The van der Waals surface area contributed by atoms with Gasteiger partial charge in [0.2, 0.25) is 5.78 Å². The molecule has 1 aromatic rings. The van der Waals surface area contributed by atoms with Crippen molar-refractivity contribution in [2.75, 3.05) is 12.1 Å². The van der Waals surface area contributed by atoms with Crippen molar-refractivity contribution in [1.29, 1.82) is 0 Å². The highest BCUT2D eigenvalue weighted by molar-refractivity contribution is 5.97. The van der Waals surface area contributed by atoms with Gasteiger partial charge in [0.25, 0.3) is 0 Å². The number of carbonyl (C=O) groups excluding carboxylic acids is 1. The lowest BCUT2D eigenvalue weighted by molar-refractivity contribution is 0.0638. The van der Waals surface area contributed by atoms with Gasteiger partial charge in [-0.25, -0.2) is 19.5 Å². The van der Waals surface area contributed by atoms with Gasteiger partial charge in [-0.05, 0) is 27.7 Å². The van der Waals surface area contributed by atoms with Gasteiger partial charge >= 0.3 is 6.09 Å². The van der Waals surface area contributed by atoms with Crippen molar-refractivity contribution in [2.24, 2.45) is 0 Å². The Kier molecular flexibility index (Phi) is 4.31. The first kappa shape index (κ1) is 15.2. The average molecular weight is 269 g/mol. The van der Waals surface area contributed by atoms with E-state index >= 15 is 0 Å². The number of methoxy groups -OCH3 is 1. The summed E-state index contributed by atoms with van der Waals surface area (Å²) in [5.41, 5.74) is -0.710. The van der Waals surface area contributed by atoms with E-state index in [9.17, 15) is 14.7 Å². The number of imidazole rings is 1. The van der Waals surface area contributed by atoms with E-state index in [1.54, 1.807) is 27.7 Å². The molecule has 1 rings (SSSR count). The molecular weight excluding hydrogens is 250 g/mol. The minimum atomic E-state index is -1.16. The van der Waals surface area contributed by atoms with Gasteiger partial charge in [-0.15, -0.1) is 0 Å². The number of ketones is 1. The molecule has 0 radical (unpaired) electrons. The van der Waals surface area contributed by atoms with E-state index in [0.717, 1.165) is 5.01 Å². The van der Waals surface area contributed by atoms with E-state index in [1.807, 2.05) is 0 Å². The van der Waals surface area contributed by atoms with E-state index in [2.05, 4.69) is 4.98 Å². The predicted octanol–water partition coefficient (Wildman–Crippen LogP) is 1.52. The highest BCUT2D eigenvalue weighted by atomic mass is 16.5. The first-order valence-electron chi connectivity index (χ1n) is 5.84. The molecule has 0 aliphatic heterocycles. The van der Waals surface area contributed by atoms with Crippen LogP contribution in [0.4, 0.5) is 4.79 Å². The van der Waals surface area contributed by atoms with E-state index in [1.165, 1.54) is 24.2 Å².